The van der Waals surface area contributed by atoms with Crippen molar-refractivity contribution in [2.24, 2.45) is 5.92 Å². The monoisotopic (exact) mass is 375 g/mol. The second-order valence-electron chi connectivity index (χ2n) is 7.42. The number of hydrogen-bond donors (Lipinski definition) is 3. The van der Waals surface area contributed by atoms with Crippen molar-refractivity contribution in [3.63, 3.8) is 0 Å². The summed E-state index contributed by atoms with van der Waals surface area (Å²) in [5.41, 5.74) is 5.83. The molecular weight excluding hydrogens is 350 g/mol. The molecule has 6 nitrogen and oxygen atoms in total. The predicted molar refractivity (Wildman–Crippen MR) is 102 cm³/mol. The average Bonchev–Trinajstić information content (AvgIpc) is 3.33. The van der Waals surface area contributed by atoms with Crippen LogP contribution >= 0.6 is 0 Å². The molecule has 4 rings (SSSR count). The van der Waals surface area contributed by atoms with Crippen LogP contribution in [0.25, 0.3) is 0 Å². The molecule has 0 aromatic heterocycles. The minimum Gasteiger partial charge on any atom is -0.316 e. The maximum atomic E-state index is 12.4. The van der Waals surface area contributed by atoms with Crippen molar-refractivity contribution in [2.45, 2.75) is 44.9 Å². The summed E-state index contributed by atoms with van der Waals surface area (Å²) in [5, 5.41) is 7.15. The van der Waals surface area contributed by atoms with Gasteiger partial charge in [0.2, 0.25) is 0 Å². The molecule has 1 fully saturated rings. The van der Waals surface area contributed by atoms with Crippen LogP contribution in [0.2, 0.25) is 0 Å². The van der Waals surface area contributed by atoms with Gasteiger partial charge in [-0.15, -0.1) is 0 Å². The van der Waals surface area contributed by atoms with Crippen molar-refractivity contribution < 1.29 is 13.2 Å². The quantitative estimate of drug-likeness (QED) is 0.753. The van der Waals surface area contributed by atoms with Gasteiger partial charge in [-0.3, -0.25) is 0 Å². The third kappa shape index (κ3) is 3.64. The summed E-state index contributed by atoms with van der Waals surface area (Å²) in [5.74, 6) is 0.204. The number of carbonyl (C=O) groups excluding carboxylic acids is 1. The number of hydrogen-bond acceptors (Lipinski definition) is 4. The van der Waals surface area contributed by atoms with E-state index < -0.39 is 16.1 Å². The minimum atomic E-state index is -3.79. The lowest BCUT2D eigenvalue weighted by molar-refractivity contribution is 0.256. The van der Waals surface area contributed by atoms with E-state index in [4.69, 9.17) is 0 Å². The van der Waals surface area contributed by atoms with Gasteiger partial charge in [0.15, 0.2) is 0 Å². The molecule has 1 atom stereocenters. The lowest BCUT2D eigenvalue weighted by Gasteiger charge is -2.16. The first-order valence-corrected chi connectivity index (χ1v) is 11.0. The smallest absolute Gasteiger partial charge is 0.316 e. The number of aryl methyl sites for hydroxylation is 2. The van der Waals surface area contributed by atoms with Gasteiger partial charge in [-0.1, -0.05) is 12.1 Å². The van der Waals surface area contributed by atoms with Gasteiger partial charge in [0.1, 0.15) is 0 Å². The third-order valence-corrected chi connectivity index (χ3v) is 6.56. The van der Waals surface area contributed by atoms with Crippen molar-refractivity contribution in [3.8, 4) is 0 Å². The van der Waals surface area contributed by atoms with Gasteiger partial charge < -0.3 is 10.6 Å². The molecule has 3 N–H and O–H groups in total. The summed E-state index contributed by atoms with van der Waals surface area (Å²) >= 11 is 0. The Morgan fingerprint density at radius 3 is 2.42 bits per heavy atom. The van der Waals surface area contributed by atoms with E-state index >= 15 is 0 Å². The van der Waals surface area contributed by atoms with E-state index in [1.165, 1.54) is 22.3 Å². The van der Waals surface area contributed by atoms with E-state index in [1.54, 1.807) is 6.08 Å². The zero-order chi connectivity index (χ0) is 18.1. The number of carbonyl (C=O) groups is 1. The van der Waals surface area contributed by atoms with E-state index in [0.717, 1.165) is 69.1 Å². The number of urea groups is 1. The molecule has 1 heterocycles. The lowest BCUT2D eigenvalue weighted by Crippen LogP contribution is -2.33. The fraction of sp³-hybridized carbons (Fsp3) is 0.526. The van der Waals surface area contributed by atoms with Crippen LogP contribution in [0.5, 0.6) is 0 Å². The molecule has 0 bridgehead atoms. The maximum Gasteiger partial charge on any atom is 0.333 e. The molecule has 1 aromatic rings. The summed E-state index contributed by atoms with van der Waals surface area (Å²) < 4.78 is 26.5. The Morgan fingerprint density at radius 2 is 1.81 bits per heavy atom. The number of amides is 2. The van der Waals surface area contributed by atoms with Crippen LogP contribution in [-0.2, 0) is 35.7 Å². The zero-order valence-corrected chi connectivity index (χ0v) is 15.6. The molecule has 0 saturated carbocycles. The fourth-order valence-electron chi connectivity index (χ4n) is 4.33. The van der Waals surface area contributed by atoms with Gasteiger partial charge in [-0.05, 0) is 79.7 Å². The van der Waals surface area contributed by atoms with Crippen molar-refractivity contribution in [1.29, 1.82) is 0 Å². The van der Waals surface area contributed by atoms with E-state index in [0.29, 0.717) is 0 Å². The maximum absolute atomic E-state index is 12.4. The first kappa shape index (κ1) is 17.5. The first-order valence-electron chi connectivity index (χ1n) is 9.41. The van der Waals surface area contributed by atoms with Crippen LogP contribution < -0.4 is 15.4 Å². The first-order chi connectivity index (χ1) is 12.5. The Balaban J connectivity index is 1.49. The molecule has 1 unspecified atom stereocenters. The van der Waals surface area contributed by atoms with Crippen molar-refractivity contribution in [1.82, 2.24) is 10.0 Å². The molecule has 0 radical (unpaired) electrons. The molecule has 1 aliphatic heterocycles. The number of fused-ring (bicyclic) bond motifs is 2. The third-order valence-electron chi connectivity index (χ3n) is 5.57. The molecule has 1 saturated heterocycles. The van der Waals surface area contributed by atoms with Gasteiger partial charge in [0, 0.05) is 17.6 Å². The summed E-state index contributed by atoms with van der Waals surface area (Å²) in [4.78, 5) is 12.4. The second kappa shape index (κ2) is 7.04. The topological polar surface area (TPSA) is 87.3 Å². The van der Waals surface area contributed by atoms with Crippen LogP contribution in [0, 0.1) is 5.92 Å². The van der Waals surface area contributed by atoms with Gasteiger partial charge in [0.05, 0.1) is 0 Å². The minimum absolute atomic E-state index is 0.204. The van der Waals surface area contributed by atoms with Crippen LogP contribution in [0.3, 0.4) is 0 Å². The highest BCUT2D eigenvalue weighted by Gasteiger charge is 2.25. The van der Waals surface area contributed by atoms with Crippen LogP contribution in [-0.4, -0.2) is 27.5 Å². The van der Waals surface area contributed by atoms with E-state index in [2.05, 4.69) is 21.4 Å². The highest BCUT2D eigenvalue weighted by Crippen LogP contribution is 2.38. The van der Waals surface area contributed by atoms with Gasteiger partial charge >= 0.3 is 6.03 Å². The summed E-state index contributed by atoms with van der Waals surface area (Å²) in [6, 6.07) is 1.61. The van der Waals surface area contributed by atoms with E-state index in [1.807, 2.05) is 0 Å². The number of rotatable bonds is 4. The molecule has 2 amide bonds. The van der Waals surface area contributed by atoms with Crippen molar-refractivity contribution in [2.75, 3.05) is 18.4 Å². The molecule has 0 spiro atoms. The second-order valence-corrected chi connectivity index (χ2v) is 8.98. The SMILES string of the molecule is O=C(Nc1c2c(cc3c1CCC3)CCC2)NS(=O)(=O)/C=C/C1CCNC1. The van der Waals surface area contributed by atoms with Crippen LogP contribution in [0.15, 0.2) is 17.6 Å². The van der Waals surface area contributed by atoms with Crippen molar-refractivity contribution in [3.05, 3.63) is 39.8 Å². The number of benzene rings is 1. The Labute approximate surface area is 154 Å². The zero-order valence-electron chi connectivity index (χ0n) is 14.8. The molecule has 2 aliphatic carbocycles. The van der Waals surface area contributed by atoms with Gasteiger partial charge in [-0.25, -0.2) is 17.9 Å². The summed E-state index contributed by atoms with van der Waals surface area (Å²) in [6.45, 7) is 1.67. The Hall–Kier alpha value is -1.86. The number of sulfonamides is 1. The molecular formula is C19H25N3O3S. The Bertz CT molecular complexity index is 823. The Morgan fingerprint density at radius 1 is 1.12 bits per heavy atom. The molecule has 7 heteroatoms. The average molecular weight is 375 g/mol. The van der Waals surface area contributed by atoms with Crippen LogP contribution in [0.4, 0.5) is 10.5 Å². The summed E-state index contributed by atoms with van der Waals surface area (Å²) in [7, 11) is -3.79. The molecule has 26 heavy (non-hydrogen) atoms. The normalized spacial score (nSPS) is 21.8. The fourth-order valence-corrected chi connectivity index (χ4v) is 5.13. The predicted octanol–water partition coefficient (Wildman–Crippen LogP) is 2.24. The number of anilines is 1. The van der Waals surface area contributed by atoms with Gasteiger partial charge in [0.25, 0.3) is 10.0 Å². The standard InChI is InChI=1S/C19H25N3O3S/c23-19(22-26(24,25)10-8-13-7-9-20-12-13)21-18-16-5-1-3-14(16)11-15-4-2-6-17(15)18/h8,10-11,13,20H,1-7,9,12H2,(H2,21,22,23)/b10-8+. The van der Waals surface area contributed by atoms with Crippen LogP contribution in [0.1, 0.15) is 41.5 Å². The van der Waals surface area contributed by atoms with Crippen molar-refractivity contribution >= 4 is 21.7 Å². The lowest BCUT2D eigenvalue weighted by atomic mass is 9.99. The molecule has 3 aliphatic rings. The highest BCUT2D eigenvalue weighted by molar-refractivity contribution is 7.92. The largest absolute Gasteiger partial charge is 0.333 e. The summed E-state index contributed by atoms with van der Waals surface area (Å²) in [6.07, 6.45) is 8.72. The highest BCUT2D eigenvalue weighted by atomic mass is 32.2. The number of nitrogens with one attached hydrogen (secondary N) is 3. The van der Waals surface area contributed by atoms with E-state index in [-0.39, 0.29) is 5.92 Å². The molecule has 1 aromatic carbocycles. The Kier molecular flexibility index (Phi) is 4.75. The van der Waals surface area contributed by atoms with Gasteiger partial charge in [-0.2, -0.15) is 0 Å². The molecule has 140 valence electrons. The van der Waals surface area contributed by atoms with E-state index in [9.17, 15) is 13.2 Å².